The minimum atomic E-state index is 0.659. The highest BCUT2D eigenvalue weighted by molar-refractivity contribution is 6.31. The van der Waals surface area contributed by atoms with E-state index >= 15 is 0 Å². The van der Waals surface area contributed by atoms with Gasteiger partial charge in [-0.15, -0.1) is 0 Å². The van der Waals surface area contributed by atoms with Gasteiger partial charge in [-0.3, -0.25) is 0 Å². The number of benzene rings is 1. The Hall–Kier alpha value is -1.40. The van der Waals surface area contributed by atoms with Gasteiger partial charge in [-0.2, -0.15) is 5.26 Å². The predicted octanol–water partition coefficient (Wildman–Crippen LogP) is 2.61. The fourth-order valence-electron chi connectivity index (χ4n) is 1.42. The molecule has 0 fully saturated rings. The Morgan fingerprint density at radius 1 is 1.50 bits per heavy atom. The van der Waals surface area contributed by atoms with E-state index in [1.165, 1.54) is 0 Å². The van der Waals surface area contributed by atoms with Gasteiger partial charge >= 0.3 is 0 Å². The number of methoxy groups -OCH3 is 1. The summed E-state index contributed by atoms with van der Waals surface area (Å²) in [6.07, 6.45) is 2.80. The van der Waals surface area contributed by atoms with E-state index in [1.54, 1.807) is 19.1 Å². The number of ether oxygens (including phenoxy) is 1. The number of hydrogen-bond acceptors (Lipinski definition) is 3. The van der Waals surface area contributed by atoms with Crippen molar-refractivity contribution in [3.8, 4) is 11.9 Å². The SMILES string of the molecule is COc1cc(C)c(Cl)cc1CCN(C)C#N. The zero-order valence-electron chi connectivity index (χ0n) is 9.75. The molecule has 0 atom stereocenters. The lowest BCUT2D eigenvalue weighted by molar-refractivity contribution is 0.404. The van der Waals surface area contributed by atoms with Gasteiger partial charge in [-0.1, -0.05) is 11.6 Å². The molecule has 0 bridgehead atoms. The number of nitriles is 1. The summed E-state index contributed by atoms with van der Waals surface area (Å²) < 4.78 is 5.29. The summed E-state index contributed by atoms with van der Waals surface area (Å²) >= 11 is 6.06. The van der Waals surface area contributed by atoms with Crippen LogP contribution in [0.1, 0.15) is 11.1 Å². The molecule has 4 heteroatoms. The highest BCUT2D eigenvalue weighted by atomic mass is 35.5. The van der Waals surface area contributed by atoms with Gasteiger partial charge in [0.2, 0.25) is 0 Å². The fourth-order valence-corrected chi connectivity index (χ4v) is 1.61. The molecule has 0 spiro atoms. The van der Waals surface area contributed by atoms with Crippen LogP contribution in [-0.2, 0) is 6.42 Å². The van der Waals surface area contributed by atoms with Gasteiger partial charge in [0, 0.05) is 18.6 Å². The number of nitrogens with zero attached hydrogens (tertiary/aromatic N) is 2. The number of hydrogen-bond donors (Lipinski definition) is 0. The Balaban J connectivity index is 2.87. The van der Waals surface area contributed by atoms with E-state index in [-0.39, 0.29) is 0 Å². The molecule has 16 heavy (non-hydrogen) atoms. The van der Waals surface area contributed by atoms with Crippen molar-refractivity contribution in [3.63, 3.8) is 0 Å². The molecule has 86 valence electrons. The lowest BCUT2D eigenvalue weighted by Gasteiger charge is -2.13. The average Bonchev–Trinajstić information content (AvgIpc) is 2.29. The van der Waals surface area contributed by atoms with Crippen molar-refractivity contribution in [2.45, 2.75) is 13.3 Å². The predicted molar refractivity (Wildman–Crippen MR) is 64.7 cm³/mol. The van der Waals surface area contributed by atoms with Gasteiger partial charge in [-0.25, -0.2) is 0 Å². The van der Waals surface area contributed by atoms with Crippen LogP contribution in [-0.4, -0.2) is 25.6 Å². The van der Waals surface area contributed by atoms with E-state index in [9.17, 15) is 0 Å². The molecule has 1 rings (SSSR count). The summed E-state index contributed by atoms with van der Waals surface area (Å²) in [6, 6.07) is 3.82. The maximum Gasteiger partial charge on any atom is 0.179 e. The lowest BCUT2D eigenvalue weighted by atomic mass is 10.1. The molecule has 0 aliphatic carbocycles. The van der Waals surface area contributed by atoms with Crippen LogP contribution < -0.4 is 4.74 Å². The largest absolute Gasteiger partial charge is 0.496 e. The minimum Gasteiger partial charge on any atom is -0.496 e. The van der Waals surface area contributed by atoms with Gasteiger partial charge in [-0.05, 0) is 36.6 Å². The first-order chi connectivity index (χ1) is 7.58. The number of likely N-dealkylation sites (N-methyl/N-ethyl adjacent to an activating group) is 1. The van der Waals surface area contributed by atoms with Crippen LogP contribution in [0.25, 0.3) is 0 Å². The second-order valence-electron chi connectivity index (χ2n) is 3.68. The Kier molecular flexibility index (Phi) is 4.45. The van der Waals surface area contributed by atoms with Crippen molar-refractivity contribution in [3.05, 3.63) is 28.3 Å². The van der Waals surface area contributed by atoms with Gasteiger partial charge < -0.3 is 9.64 Å². The summed E-state index contributed by atoms with van der Waals surface area (Å²) in [5.74, 6) is 0.827. The number of halogens is 1. The second kappa shape index (κ2) is 5.62. The van der Waals surface area contributed by atoms with Crippen LogP contribution in [0, 0.1) is 18.4 Å². The third-order valence-electron chi connectivity index (χ3n) is 2.45. The molecule has 0 heterocycles. The summed E-state index contributed by atoms with van der Waals surface area (Å²) in [5, 5.41) is 9.39. The monoisotopic (exact) mass is 238 g/mol. The number of aryl methyl sites for hydroxylation is 1. The van der Waals surface area contributed by atoms with Crippen LogP contribution in [0.2, 0.25) is 5.02 Å². The summed E-state index contributed by atoms with van der Waals surface area (Å²) in [6.45, 7) is 2.60. The van der Waals surface area contributed by atoms with Crippen molar-refractivity contribution < 1.29 is 4.74 Å². The van der Waals surface area contributed by atoms with E-state index in [0.29, 0.717) is 6.54 Å². The lowest BCUT2D eigenvalue weighted by Crippen LogP contribution is -2.15. The molecular weight excluding hydrogens is 224 g/mol. The molecule has 0 aliphatic heterocycles. The van der Waals surface area contributed by atoms with E-state index in [2.05, 4.69) is 6.19 Å². The van der Waals surface area contributed by atoms with Crippen molar-refractivity contribution in [2.24, 2.45) is 0 Å². The topological polar surface area (TPSA) is 36.3 Å². The second-order valence-corrected chi connectivity index (χ2v) is 4.09. The first kappa shape index (κ1) is 12.7. The zero-order chi connectivity index (χ0) is 12.1. The zero-order valence-corrected chi connectivity index (χ0v) is 10.5. The minimum absolute atomic E-state index is 0.659. The molecule has 0 N–H and O–H groups in total. The Morgan fingerprint density at radius 2 is 2.19 bits per heavy atom. The Morgan fingerprint density at radius 3 is 2.75 bits per heavy atom. The third-order valence-corrected chi connectivity index (χ3v) is 2.86. The normalized spacial score (nSPS) is 9.69. The van der Waals surface area contributed by atoms with Crippen LogP contribution in [0.15, 0.2) is 12.1 Å². The summed E-state index contributed by atoms with van der Waals surface area (Å²) in [4.78, 5) is 1.58. The molecular formula is C12H15ClN2O. The number of rotatable bonds is 4. The highest BCUT2D eigenvalue weighted by Crippen LogP contribution is 2.26. The van der Waals surface area contributed by atoms with Gasteiger partial charge in [0.25, 0.3) is 0 Å². The van der Waals surface area contributed by atoms with E-state index in [1.807, 2.05) is 19.1 Å². The maximum atomic E-state index is 8.66. The maximum absolute atomic E-state index is 8.66. The molecule has 0 radical (unpaired) electrons. The van der Waals surface area contributed by atoms with E-state index in [4.69, 9.17) is 21.6 Å². The average molecular weight is 239 g/mol. The third kappa shape index (κ3) is 3.04. The van der Waals surface area contributed by atoms with Gasteiger partial charge in [0.05, 0.1) is 7.11 Å². The first-order valence-electron chi connectivity index (χ1n) is 5.02. The highest BCUT2D eigenvalue weighted by Gasteiger charge is 2.07. The molecule has 1 aromatic carbocycles. The quantitative estimate of drug-likeness (QED) is 0.598. The van der Waals surface area contributed by atoms with Crippen LogP contribution in [0.3, 0.4) is 0 Å². The molecule has 0 saturated heterocycles. The molecule has 0 saturated carbocycles. The Labute approximate surface area is 101 Å². The molecule has 3 nitrogen and oxygen atoms in total. The van der Waals surface area contributed by atoms with Crippen molar-refractivity contribution in [2.75, 3.05) is 20.7 Å². The Bertz CT molecular complexity index is 412. The van der Waals surface area contributed by atoms with Crippen molar-refractivity contribution in [1.29, 1.82) is 5.26 Å². The van der Waals surface area contributed by atoms with Gasteiger partial charge in [0.15, 0.2) is 6.19 Å². The van der Waals surface area contributed by atoms with Crippen molar-refractivity contribution >= 4 is 11.6 Å². The first-order valence-corrected chi connectivity index (χ1v) is 5.40. The van der Waals surface area contributed by atoms with E-state index in [0.717, 1.165) is 28.3 Å². The molecule has 1 aromatic rings. The van der Waals surface area contributed by atoms with Crippen LogP contribution in [0.5, 0.6) is 5.75 Å². The standard InChI is InChI=1S/C12H15ClN2O/c1-9-6-12(16-3)10(7-11(9)13)4-5-15(2)8-14/h6-7H,4-5H2,1-3H3. The summed E-state index contributed by atoms with van der Waals surface area (Å²) in [5.41, 5.74) is 2.02. The van der Waals surface area contributed by atoms with Gasteiger partial charge in [0.1, 0.15) is 5.75 Å². The molecule has 0 aliphatic rings. The van der Waals surface area contributed by atoms with Crippen LogP contribution in [0.4, 0.5) is 0 Å². The smallest absolute Gasteiger partial charge is 0.179 e. The summed E-state index contributed by atoms with van der Waals surface area (Å²) in [7, 11) is 3.39. The van der Waals surface area contributed by atoms with E-state index < -0.39 is 0 Å². The fraction of sp³-hybridized carbons (Fsp3) is 0.417. The van der Waals surface area contributed by atoms with Crippen molar-refractivity contribution in [1.82, 2.24) is 4.90 Å². The molecule has 0 amide bonds. The molecule has 0 unspecified atom stereocenters. The molecule has 0 aromatic heterocycles. The van der Waals surface area contributed by atoms with Crippen LogP contribution >= 0.6 is 11.6 Å².